The highest BCUT2D eigenvalue weighted by Gasteiger charge is 2.54. The SMILES string of the molecule is CN(/N=C/C1=C(C(=O)O)N2C(=O)C(NC(=O)/C(=N\OCF)c3nsc(N)n3)C2SC1)C(N)=NC1CCCCC1. The number of amides is 2. The molecule has 0 radical (unpaired) electrons. The highest BCUT2D eigenvalue weighted by molar-refractivity contribution is 8.00. The van der Waals surface area contributed by atoms with Crippen LogP contribution in [0.3, 0.4) is 0 Å². The fourth-order valence-electron chi connectivity index (χ4n) is 4.25. The van der Waals surface area contributed by atoms with Crippen LogP contribution in [0.15, 0.2) is 26.5 Å². The van der Waals surface area contributed by atoms with Crippen molar-refractivity contribution in [1.29, 1.82) is 0 Å². The van der Waals surface area contributed by atoms with E-state index in [1.54, 1.807) is 7.05 Å². The topological polar surface area (TPSA) is 214 Å². The number of hydrogen-bond donors (Lipinski definition) is 4. The average molecular weight is 583 g/mol. The van der Waals surface area contributed by atoms with Crippen LogP contribution in [-0.2, 0) is 19.2 Å². The number of carbonyl (C=O) groups excluding carboxylic acids is 2. The zero-order valence-electron chi connectivity index (χ0n) is 20.8. The second kappa shape index (κ2) is 12.4. The number of halogens is 1. The van der Waals surface area contributed by atoms with Crippen molar-refractivity contribution < 1.29 is 28.7 Å². The van der Waals surface area contributed by atoms with Crippen LogP contribution in [0.5, 0.6) is 0 Å². The van der Waals surface area contributed by atoms with Gasteiger partial charge in [0.2, 0.25) is 17.5 Å². The molecule has 15 nitrogen and oxygen atoms in total. The van der Waals surface area contributed by atoms with Gasteiger partial charge in [-0.05, 0) is 12.8 Å². The van der Waals surface area contributed by atoms with Gasteiger partial charge in [0, 0.05) is 29.9 Å². The molecule has 18 heteroatoms. The van der Waals surface area contributed by atoms with Gasteiger partial charge in [-0.2, -0.15) is 14.5 Å². The minimum absolute atomic E-state index is 0.0394. The minimum Gasteiger partial charge on any atom is -0.477 e. The lowest BCUT2D eigenvalue weighted by Gasteiger charge is -2.49. The van der Waals surface area contributed by atoms with Crippen LogP contribution >= 0.6 is 23.3 Å². The molecular weight excluding hydrogens is 555 g/mol. The maximum absolute atomic E-state index is 13.0. The molecule has 1 aromatic heterocycles. The molecule has 39 heavy (non-hydrogen) atoms. The number of guanidine groups is 1. The Kier molecular flexibility index (Phi) is 8.95. The third-order valence-corrected chi connectivity index (χ3v) is 8.01. The number of carbonyl (C=O) groups is 3. The van der Waals surface area contributed by atoms with Crippen LogP contribution in [0.4, 0.5) is 9.52 Å². The van der Waals surface area contributed by atoms with Gasteiger partial charge in [-0.15, -0.1) is 11.8 Å². The molecule has 3 aliphatic rings. The minimum atomic E-state index is -1.33. The van der Waals surface area contributed by atoms with Gasteiger partial charge in [-0.3, -0.25) is 14.5 Å². The van der Waals surface area contributed by atoms with Crippen molar-refractivity contribution in [3.05, 3.63) is 17.1 Å². The molecule has 2 aliphatic heterocycles. The number of anilines is 1. The lowest BCUT2D eigenvalue weighted by Crippen LogP contribution is -2.71. The Hall–Kier alpha value is -3.80. The number of hydrogen-bond acceptors (Lipinski definition) is 12. The number of alkyl halides is 1. The first-order valence-electron chi connectivity index (χ1n) is 11.9. The molecule has 1 aromatic rings. The van der Waals surface area contributed by atoms with Crippen molar-refractivity contribution in [2.24, 2.45) is 21.0 Å². The van der Waals surface area contributed by atoms with E-state index in [0.29, 0.717) is 5.57 Å². The van der Waals surface area contributed by atoms with Gasteiger partial charge in [0.05, 0.1) is 12.3 Å². The summed E-state index contributed by atoms with van der Waals surface area (Å²) >= 11 is 2.02. The van der Waals surface area contributed by atoms with Crippen LogP contribution in [0.1, 0.15) is 37.9 Å². The molecule has 210 valence electrons. The number of oxime groups is 1. The molecule has 3 heterocycles. The standard InChI is InChI=1S/C21H27FN10O5S2/c1-31(20(23)26-11-5-3-2-4-6-11)25-7-10-8-38-18-13(17(34)32(18)14(10)19(35)36)27-16(33)12(29-37-9-22)15-28-21(24)39-30-15/h7,11,13,18H,2-6,8-9H2,1H3,(H2,23,26)(H,27,33)(H,35,36)(H2,24,28,30)/b25-7+,29-12-. The molecule has 1 saturated heterocycles. The molecule has 0 spiro atoms. The molecule has 2 atom stereocenters. The molecule has 0 aromatic carbocycles. The Bertz CT molecular complexity index is 1250. The number of nitrogens with one attached hydrogen (secondary N) is 1. The second-order valence-electron chi connectivity index (χ2n) is 8.72. The van der Waals surface area contributed by atoms with Crippen LogP contribution in [-0.4, -0.2) is 97.2 Å². The summed E-state index contributed by atoms with van der Waals surface area (Å²) in [5.41, 5.74) is 11.2. The van der Waals surface area contributed by atoms with Crippen LogP contribution < -0.4 is 16.8 Å². The van der Waals surface area contributed by atoms with Gasteiger partial charge < -0.3 is 26.7 Å². The summed E-state index contributed by atoms with van der Waals surface area (Å²) in [6.45, 7) is -1.31. The predicted octanol–water partition coefficient (Wildman–Crippen LogP) is 0.0716. The summed E-state index contributed by atoms with van der Waals surface area (Å²) in [7, 11) is 1.61. The lowest BCUT2D eigenvalue weighted by molar-refractivity contribution is -0.150. The first-order chi connectivity index (χ1) is 18.7. The number of rotatable bonds is 9. The van der Waals surface area contributed by atoms with E-state index >= 15 is 0 Å². The number of carboxylic acid groups (broad SMARTS) is 1. The van der Waals surface area contributed by atoms with Gasteiger partial charge in [0.1, 0.15) is 17.1 Å². The second-order valence-corrected chi connectivity index (χ2v) is 10.6. The van der Waals surface area contributed by atoms with Crippen LogP contribution in [0.25, 0.3) is 0 Å². The van der Waals surface area contributed by atoms with Gasteiger partial charge in [-0.1, -0.05) is 24.4 Å². The van der Waals surface area contributed by atoms with E-state index in [1.165, 1.54) is 29.4 Å². The van der Waals surface area contributed by atoms with Gasteiger partial charge in [0.15, 0.2) is 5.13 Å². The highest BCUT2D eigenvalue weighted by Crippen LogP contribution is 2.40. The van der Waals surface area contributed by atoms with Gasteiger partial charge in [0.25, 0.3) is 18.7 Å². The van der Waals surface area contributed by atoms with Crippen molar-refractivity contribution in [3.8, 4) is 0 Å². The molecule has 1 saturated carbocycles. The number of nitrogens with zero attached hydrogens (tertiary/aromatic N) is 7. The number of nitrogen functional groups attached to an aromatic ring is 1. The number of aromatic nitrogens is 2. The molecule has 6 N–H and O–H groups in total. The summed E-state index contributed by atoms with van der Waals surface area (Å²) in [4.78, 5) is 51.7. The van der Waals surface area contributed by atoms with E-state index in [1.807, 2.05) is 0 Å². The lowest BCUT2D eigenvalue weighted by atomic mass is 9.96. The van der Waals surface area contributed by atoms with Crippen molar-refractivity contribution in [3.63, 3.8) is 0 Å². The van der Waals surface area contributed by atoms with Crippen molar-refractivity contribution in [1.82, 2.24) is 24.6 Å². The fourth-order valence-corrected chi connectivity index (χ4v) is 5.98. The van der Waals surface area contributed by atoms with E-state index in [9.17, 15) is 23.9 Å². The quantitative estimate of drug-likeness (QED) is 0.132. The van der Waals surface area contributed by atoms with Crippen molar-refractivity contribution in [2.45, 2.75) is 49.6 Å². The number of carboxylic acids is 1. The number of β-lactam (4-membered cyclic amide) rings is 1. The normalized spacial score (nSPS) is 22.5. The first-order valence-corrected chi connectivity index (χ1v) is 13.7. The number of fused-ring (bicyclic) bond motifs is 1. The van der Waals surface area contributed by atoms with Gasteiger partial charge in [-0.25, -0.2) is 19.2 Å². The van der Waals surface area contributed by atoms with E-state index in [-0.39, 0.29) is 34.4 Å². The highest BCUT2D eigenvalue weighted by atomic mass is 32.2. The number of aliphatic imine (C=N–C) groups is 1. The molecule has 2 fully saturated rings. The van der Waals surface area contributed by atoms with E-state index < -0.39 is 41.8 Å². The molecule has 4 rings (SSSR count). The Balaban J connectivity index is 1.47. The number of aliphatic carboxylic acids is 1. The largest absolute Gasteiger partial charge is 0.477 e. The number of thioether (sulfide) groups is 1. The maximum Gasteiger partial charge on any atom is 0.353 e. The Morgan fingerprint density at radius 3 is 2.74 bits per heavy atom. The third kappa shape index (κ3) is 6.27. The molecule has 0 bridgehead atoms. The van der Waals surface area contributed by atoms with Crippen molar-refractivity contribution >= 4 is 64.1 Å². The zero-order valence-corrected chi connectivity index (χ0v) is 22.5. The monoisotopic (exact) mass is 582 g/mol. The summed E-state index contributed by atoms with van der Waals surface area (Å²) in [5.74, 6) is -2.70. The number of nitrogens with two attached hydrogens (primary N) is 2. The maximum atomic E-state index is 13.0. The van der Waals surface area contributed by atoms with E-state index in [4.69, 9.17) is 11.5 Å². The molecule has 1 aliphatic carbocycles. The predicted molar refractivity (Wildman–Crippen MR) is 142 cm³/mol. The van der Waals surface area contributed by atoms with Crippen LogP contribution in [0.2, 0.25) is 0 Å². The molecule has 2 amide bonds. The summed E-state index contributed by atoms with van der Waals surface area (Å²) < 4.78 is 16.4. The number of hydrazone groups is 1. The Labute approximate surface area is 230 Å². The van der Waals surface area contributed by atoms with E-state index in [0.717, 1.165) is 42.1 Å². The van der Waals surface area contributed by atoms with Crippen LogP contribution in [0, 0.1) is 0 Å². The van der Waals surface area contributed by atoms with Crippen molar-refractivity contribution in [2.75, 3.05) is 25.4 Å². The average Bonchev–Trinajstić information content (AvgIpc) is 3.35. The van der Waals surface area contributed by atoms with E-state index in [2.05, 4.69) is 34.8 Å². The third-order valence-electron chi connectivity index (χ3n) is 6.17. The van der Waals surface area contributed by atoms with Gasteiger partial charge >= 0.3 is 5.97 Å². The fraction of sp³-hybridized carbons (Fsp3) is 0.524. The first kappa shape index (κ1) is 28.2. The molecular formula is C21H27FN10O5S2. The Morgan fingerprint density at radius 2 is 2.10 bits per heavy atom. The summed E-state index contributed by atoms with van der Waals surface area (Å²) in [6.07, 6.45) is 6.65. The summed E-state index contributed by atoms with van der Waals surface area (Å²) in [5, 5.41) is 20.7. The smallest absolute Gasteiger partial charge is 0.353 e. The Morgan fingerprint density at radius 1 is 1.36 bits per heavy atom. The summed E-state index contributed by atoms with van der Waals surface area (Å²) in [6, 6.07) is -0.942. The zero-order chi connectivity index (χ0) is 28.1. The molecule has 2 unspecified atom stereocenters.